The quantitative estimate of drug-likeness (QED) is 0.798. The largest absolute Gasteiger partial charge is 0.454 e. The first-order valence-electron chi connectivity index (χ1n) is 8.03. The van der Waals surface area contributed by atoms with Crippen molar-refractivity contribution >= 4 is 17.6 Å². The summed E-state index contributed by atoms with van der Waals surface area (Å²) in [5.74, 6) is 1.59. The lowest BCUT2D eigenvalue weighted by Gasteiger charge is -2.06. The molecule has 2 heterocycles. The van der Waals surface area contributed by atoms with Gasteiger partial charge in [0.1, 0.15) is 6.54 Å². The number of rotatable bonds is 6. The summed E-state index contributed by atoms with van der Waals surface area (Å²) in [6.07, 6.45) is 3.38. The Kier molecular flexibility index (Phi) is 3.96. The molecule has 0 unspecified atom stereocenters. The molecule has 1 aliphatic carbocycles. The Balaban J connectivity index is 1.27. The van der Waals surface area contributed by atoms with Crippen LogP contribution in [0.2, 0.25) is 0 Å². The number of fused-ring (bicyclic) bond motifs is 1. The van der Waals surface area contributed by atoms with Gasteiger partial charge in [0.15, 0.2) is 17.3 Å². The monoisotopic (exact) mass is 343 g/mol. The van der Waals surface area contributed by atoms with Gasteiger partial charge < -0.3 is 20.1 Å². The Bertz CT molecular complexity index is 815. The molecular formula is C16H17N5O4. The first-order chi connectivity index (χ1) is 12.2. The smallest absolute Gasteiger partial charge is 0.242 e. The van der Waals surface area contributed by atoms with E-state index >= 15 is 0 Å². The van der Waals surface area contributed by atoms with Gasteiger partial charge in [-0.3, -0.25) is 9.59 Å². The van der Waals surface area contributed by atoms with Crippen LogP contribution in [-0.4, -0.2) is 33.6 Å². The van der Waals surface area contributed by atoms with E-state index in [1.54, 1.807) is 6.20 Å². The maximum atomic E-state index is 12.0. The molecule has 1 saturated carbocycles. The summed E-state index contributed by atoms with van der Waals surface area (Å²) < 4.78 is 11.9. The van der Waals surface area contributed by atoms with Gasteiger partial charge in [-0.1, -0.05) is 11.3 Å². The lowest BCUT2D eigenvalue weighted by atomic mass is 10.2. The van der Waals surface area contributed by atoms with E-state index in [4.69, 9.17) is 9.47 Å². The Morgan fingerprint density at radius 1 is 1.24 bits per heavy atom. The molecule has 130 valence electrons. The summed E-state index contributed by atoms with van der Waals surface area (Å²) >= 11 is 0. The zero-order valence-corrected chi connectivity index (χ0v) is 13.4. The van der Waals surface area contributed by atoms with Crippen LogP contribution >= 0.6 is 0 Å². The number of carbonyl (C=O) groups is 2. The number of ether oxygens (including phenoxy) is 2. The molecule has 0 saturated heterocycles. The van der Waals surface area contributed by atoms with Crippen LogP contribution in [-0.2, 0) is 22.7 Å². The number of nitrogens with zero attached hydrogens (tertiary/aromatic N) is 3. The van der Waals surface area contributed by atoms with Crippen LogP contribution in [0.5, 0.6) is 11.5 Å². The van der Waals surface area contributed by atoms with Crippen molar-refractivity contribution in [1.82, 2.24) is 20.3 Å². The van der Waals surface area contributed by atoms with E-state index in [1.165, 1.54) is 4.68 Å². The minimum Gasteiger partial charge on any atom is -0.454 e. The highest BCUT2D eigenvalue weighted by atomic mass is 16.7. The van der Waals surface area contributed by atoms with Crippen LogP contribution in [0.25, 0.3) is 0 Å². The normalized spacial score (nSPS) is 15.0. The van der Waals surface area contributed by atoms with Crippen LogP contribution in [0.3, 0.4) is 0 Å². The number of hydrogen-bond acceptors (Lipinski definition) is 6. The number of carbonyl (C=O) groups excluding carboxylic acids is 2. The first kappa shape index (κ1) is 15.4. The van der Waals surface area contributed by atoms with Crippen molar-refractivity contribution in [3.63, 3.8) is 0 Å². The van der Waals surface area contributed by atoms with Gasteiger partial charge in [0.25, 0.3) is 0 Å². The van der Waals surface area contributed by atoms with Crippen molar-refractivity contribution in [1.29, 1.82) is 0 Å². The maximum absolute atomic E-state index is 12.0. The molecule has 0 radical (unpaired) electrons. The molecule has 0 atom stereocenters. The maximum Gasteiger partial charge on any atom is 0.242 e. The zero-order valence-electron chi connectivity index (χ0n) is 13.4. The second-order valence-electron chi connectivity index (χ2n) is 6.03. The van der Waals surface area contributed by atoms with E-state index in [-0.39, 0.29) is 31.1 Å². The van der Waals surface area contributed by atoms with Crippen molar-refractivity contribution in [3.05, 3.63) is 30.0 Å². The van der Waals surface area contributed by atoms with Crippen LogP contribution in [0.1, 0.15) is 18.4 Å². The molecule has 2 aromatic rings. The highest BCUT2D eigenvalue weighted by molar-refractivity contribution is 5.93. The van der Waals surface area contributed by atoms with Crippen molar-refractivity contribution in [2.45, 2.75) is 25.9 Å². The van der Waals surface area contributed by atoms with E-state index in [0.29, 0.717) is 23.9 Å². The summed E-state index contributed by atoms with van der Waals surface area (Å²) in [5.41, 5.74) is 0.911. The van der Waals surface area contributed by atoms with E-state index in [2.05, 4.69) is 20.9 Å². The minimum absolute atomic E-state index is 0.0247. The molecule has 2 amide bonds. The van der Waals surface area contributed by atoms with E-state index in [9.17, 15) is 9.59 Å². The second-order valence-corrected chi connectivity index (χ2v) is 6.03. The molecule has 25 heavy (non-hydrogen) atoms. The van der Waals surface area contributed by atoms with Gasteiger partial charge in [-0.25, -0.2) is 4.68 Å². The third-order valence-corrected chi connectivity index (χ3v) is 3.97. The van der Waals surface area contributed by atoms with Gasteiger partial charge in [0.05, 0.1) is 6.20 Å². The minimum atomic E-state index is -0.206. The second kappa shape index (κ2) is 6.42. The third-order valence-electron chi connectivity index (χ3n) is 3.97. The van der Waals surface area contributed by atoms with Gasteiger partial charge in [-0.15, -0.1) is 5.10 Å². The summed E-state index contributed by atoms with van der Waals surface area (Å²) in [6, 6.07) is 5.52. The number of amides is 2. The fraction of sp³-hybridized carbons (Fsp3) is 0.375. The third kappa shape index (κ3) is 3.70. The van der Waals surface area contributed by atoms with Crippen LogP contribution in [0.4, 0.5) is 5.82 Å². The van der Waals surface area contributed by atoms with Gasteiger partial charge >= 0.3 is 0 Å². The molecule has 9 nitrogen and oxygen atoms in total. The Hall–Kier alpha value is -3.10. The van der Waals surface area contributed by atoms with Crippen LogP contribution in [0, 0.1) is 5.92 Å². The molecule has 2 aliphatic rings. The fourth-order valence-corrected chi connectivity index (χ4v) is 2.46. The standard InChI is InChI=1S/C16H17N5O4/c22-15(17-6-10-1-4-12-13(5-10)25-9-24-12)8-21-7-14(19-20-21)18-16(23)11-2-3-11/h1,4-5,7,11H,2-3,6,8-9H2,(H,17,22)(H,18,23). The summed E-state index contributed by atoms with van der Waals surface area (Å²) in [4.78, 5) is 23.7. The molecule has 1 fully saturated rings. The zero-order chi connectivity index (χ0) is 17.2. The average Bonchev–Trinajstić information content (AvgIpc) is 3.21. The molecular weight excluding hydrogens is 326 g/mol. The van der Waals surface area contributed by atoms with E-state index < -0.39 is 0 Å². The van der Waals surface area contributed by atoms with Gasteiger partial charge in [-0.2, -0.15) is 0 Å². The summed E-state index contributed by atoms with van der Waals surface area (Å²) in [7, 11) is 0. The van der Waals surface area contributed by atoms with Gasteiger partial charge in [0, 0.05) is 12.5 Å². The number of benzene rings is 1. The Labute approximate surface area is 143 Å². The SMILES string of the molecule is O=C(Cn1cc(NC(=O)C2CC2)nn1)NCc1ccc2c(c1)OCO2. The van der Waals surface area contributed by atoms with Crippen molar-refractivity contribution in [2.75, 3.05) is 12.1 Å². The molecule has 0 bridgehead atoms. The average molecular weight is 343 g/mol. The van der Waals surface area contributed by atoms with Crippen molar-refractivity contribution in [3.8, 4) is 11.5 Å². The molecule has 1 aliphatic heterocycles. The number of anilines is 1. The van der Waals surface area contributed by atoms with Gasteiger partial charge in [0.2, 0.25) is 18.6 Å². The predicted molar refractivity (Wildman–Crippen MR) is 85.8 cm³/mol. The highest BCUT2D eigenvalue weighted by Gasteiger charge is 2.30. The lowest BCUT2D eigenvalue weighted by molar-refractivity contribution is -0.122. The van der Waals surface area contributed by atoms with Crippen LogP contribution < -0.4 is 20.1 Å². The molecule has 9 heteroatoms. The number of hydrogen-bond donors (Lipinski definition) is 2. The molecule has 2 N–H and O–H groups in total. The van der Waals surface area contributed by atoms with Crippen molar-refractivity contribution in [2.24, 2.45) is 5.92 Å². The molecule has 1 aromatic carbocycles. The van der Waals surface area contributed by atoms with E-state index in [0.717, 1.165) is 18.4 Å². The summed E-state index contributed by atoms with van der Waals surface area (Å²) in [5, 5.41) is 13.2. The predicted octanol–water partition coefficient (Wildman–Crippen LogP) is 0.672. The molecule has 4 rings (SSSR count). The van der Waals surface area contributed by atoms with Crippen LogP contribution in [0.15, 0.2) is 24.4 Å². The highest BCUT2D eigenvalue weighted by Crippen LogP contribution is 2.32. The molecule has 1 aromatic heterocycles. The Morgan fingerprint density at radius 3 is 2.92 bits per heavy atom. The number of aromatic nitrogens is 3. The number of nitrogens with one attached hydrogen (secondary N) is 2. The topological polar surface area (TPSA) is 107 Å². The fourth-order valence-electron chi connectivity index (χ4n) is 2.46. The molecule has 0 spiro atoms. The van der Waals surface area contributed by atoms with E-state index in [1.807, 2.05) is 18.2 Å². The summed E-state index contributed by atoms with van der Waals surface area (Å²) in [6.45, 7) is 0.614. The first-order valence-corrected chi connectivity index (χ1v) is 8.03. The Morgan fingerprint density at radius 2 is 2.08 bits per heavy atom. The lowest BCUT2D eigenvalue weighted by Crippen LogP contribution is -2.27. The van der Waals surface area contributed by atoms with Crippen molar-refractivity contribution < 1.29 is 19.1 Å². The van der Waals surface area contributed by atoms with Gasteiger partial charge in [-0.05, 0) is 30.5 Å².